The first-order chi connectivity index (χ1) is 12.7. The summed E-state index contributed by atoms with van der Waals surface area (Å²) in [5, 5.41) is 1.14. The van der Waals surface area contributed by atoms with Crippen LogP contribution in [0.5, 0.6) is 0 Å². The van der Waals surface area contributed by atoms with Crippen LogP contribution in [-0.2, 0) is 6.54 Å². The molecule has 0 saturated carbocycles. The monoisotopic (exact) mass is 342 g/mol. The summed E-state index contributed by atoms with van der Waals surface area (Å²) in [6, 6.07) is 19.8. The third-order valence-electron chi connectivity index (χ3n) is 5.10. The number of aromatic amines is 1. The van der Waals surface area contributed by atoms with Crippen molar-refractivity contribution in [2.45, 2.75) is 19.5 Å². The molecule has 1 N–H and O–H groups in total. The molecule has 0 saturated heterocycles. The Kier molecular flexibility index (Phi) is 3.25. The Morgan fingerprint density at radius 2 is 1.81 bits per heavy atom. The highest BCUT2D eigenvalue weighted by molar-refractivity contribution is 6.00. The minimum Gasteiger partial charge on any atom is -0.464 e. The molecular formula is C22H18N2O2. The van der Waals surface area contributed by atoms with E-state index in [9.17, 15) is 4.79 Å². The number of carbonyl (C=O) groups is 1. The number of aryl methyl sites for hydroxylation is 1. The topological polar surface area (TPSA) is 49.2 Å². The standard InChI is InChI=1S/C22H18N2O2/c1-14-10-11-15(26-14)13-24-21(17-7-2-3-8-18(17)22(24)25)19-12-23-20-9-5-4-6-16(19)20/h2-12,21,23H,13H2,1H3. The number of fused-ring (bicyclic) bond motifs is 2. The molecule has 4 aromatic rings. The fraction of sp³-hybridized carbons (Fsp3) is 0.136. The first-order valence-corrected chi connectivity index (χ1v) is 8.73. The van der Waals surface area contributed by atoms with Gasteiger partial charge >= 0.3 is 0 Å². The quantitative estimate of drug-likeness (QED) is 0.580. The van der Waals surface area contributed by atoms with Crippen LogP contribution in [0.15, 0.2) is 71.3 Å². The van der Waals surface area contributed by atoms with Crippen molar-refractivity contribution in [2.75, 3.05) is 0 Å². The molecule has 5 rings (SSSR count). The van der Waals surface area contributed by atoms with E-state index >= 15 is 0 Å². The fourth-order valence-electron chi connectivity index (χ4n) is 3.93. The van der Waals surface area contributed by atoms with Crippen molar-refractivity contribution in [3.05, 3.63) is 95.1 Å². The van der Waals surface area contributed by atoms with Gasteiger partial charge in [0.2, 0.25) is 0 Å². The first-order valence-electron chi connectivity index (χ1n) is 8.73. The van der Waals surface area contributed by atoms with Crippen molar-refractivity contribution < 1.29 is 9.21 Å². The Morgan fingerprint density at radius 1 is 1.00 bits per heavy atom. The summed E-state index contributed by atoms with van der Waals surface area (Å²) in [4.78, 5) is 18.4. The molecule has 0 aliphatic carbocycles. The number of hydrogen-bond acceptors (Lipinski definition) is 2. The van der Waals surface area contributed by atoms with E-state index in [1.54, 1.807) is 0 Å². The third-order valence-corrected chi connectivity index (χ3v) is 5.10. The zero-order valence-electron chi connectivity index (χ0n) is 14.4. The van der Waals surface area contributed by atoms with Crippen LogP contribution < -0.4 is 0 Å². The number of furan rings is 1. The predicted molar refractivity (Wildman–Crippen MR) is 99.9 cm³/mol. The Hall–Kier alpha value is -3.27. The molecule has 0 bridgehead atoms. The summed E-state index contributed by atoms with van der Waals surface area (Å²) in [6.07, 6.45) is 2.02. The van der Waals surface area contributed by atoms with E-state index in [1.807, 2.05) is 66.6 Å². The lowest BCUT2D eigenvalue weighted by Gasteiger charge is -2.24. The second kappa shape index (κ2) is 5.63. The molecule has 1 atom stereocenters. The number of nitrogens with one attached hydrogen (secondary N) is 1. The Balaban J connectivity index is 1.66. The van der Waals surface area contributed by atoms with Gasteiger partial charge in [-0.2, -0.15) is 0 Å². The molecule has 128 valence electrons. The number of carbonyl (C=O) groups excluding carboxylic acids is 1. The molecule has 2 aromatic heterocycles. The second-order valence-electron chi connectivity index (χ2n) is 6.72. The lowest BCUT2D eigenvalue weighted by molar-refractivity contribution is 0.0723. The molecule has 3 heterocycles. The van der Waals surface area contributed by atoms with Crippen LogP contribution in [0.2, 0.25) is 0 Å². The van der Waals surface area contributed by atoms with E-state index in [0.717, 1.165) is 39.1 Å². The van der Waals surface area contributed by atoms with E-state index in [-0.39, 0.29) is 11.9 Å². The molecule has 26 heavy (non-hydrogen) atoms. The zero-order valence-corrected chi connectivity index (χ0v) is 14.4. The van der Waals surface area contributed by atoms with Crippen molar-refractivity contribution in [3.63, 3.8) is 0 Å². The SMILES string of the molecule is Cc1ccc(CN2C(=O)c3ccccc3C2c2c[nH]c3ccccc23)o1. The zero-order chi connectivity index (χ0) is 17.7. The number of hydrogen-bond donors (Lipinski definition) is 1. The Morgan fingerprint density at radius 3 is 2.65 bits per heavy atom. The molecular weight excluding hydrogens is 324 g/mol. The summed E-state index contributed by atoms with van der Waals surface area (Å²) in [7, 11) is 0. The third kappa shape index (κ3) is 2.19. The molecule has 1 amide bonds. The number of rotatable bonds is 3. The number of para-hydroxylation sites is 1. The summed E-state index contributed by atoms with van der Waals surface area (Å²) in [6.45, 7) is 2.37. The van der Waals surface area contributed by atoms with Crippen molar-refractivity contribution in [3.8, 4) is 0 Å². The van der Waals surface area contributed by atoms with Crippen molar-refractivity contribution in [2.24, 2.45) is 0 Å². The number of nitrogens with zero attached hydrogens (tertiary/aromatic N) is 1. The average molecular weight is 342 g/mol. The molecule has 1 aliphatic heterocycles. The van der Waals surface area contributed by atoms with Gasteiger partial charge in [0.25, 0.3) is 5.91 Å². The fourth-order valence-corrected chi connectivity index (χ4v) is 3.93. The van der Waals surface area contributed by atoms with Gasteiger partial charge in [-0.1, -0.05) is 36.4 Å². The van der Waals surface area contributed by atoms with Crippen molar-refractivity contribution in [1.29, 1.82) is 0 Å². The van der Waals surface area contributed by atoms with Crippen LogP contribution in [-0.4, -0.2) is 15.8 Å². The van der Waals surface area contributed by atoms with Crippen LogP contribution in [0, 0.1) is 6.92 Å². The highest BCUT2D eigenvalue weighted by atomic mass is 16.3. The van der Waals surface area contributed by atoms with Crippen LogP contribution in [0.3, 0.4) is 0 Å². The van der Waals surface area contributed by atoms with E-state index in [4.69, 9.17) is 4.42 Å². The van der Waals surface area contributed by atoms with Gasteiger partial charge in [0, 0.05) is 28.2 Å². The molecule has 1 unspecified atom stereocenters. The molecule has 1 aliphatic rings. The van der Waals surface area contributed by atoms with Crippen LogP contribution in [0.4, 0.5) is 0 Å². The summed E-state index contributed by atoms with van der Waals surface area (Å²) in [5.41, 5.74) is 4.01. The second-order valence-corrected chi connectivity index (χ2v) is 6.72. The smallest absolute Gasteiger partial charge is 0.255 e. The maximum atomic E-state index is 13.1. The van der Waals surface area contributed by atoms with E-state index < -0.39 is 0 Å². The van der Waals surface area contributed by atoms with Crippen molar-refractivity contribution >= 4 is 16.8 Å². The lowest BCUT2D eigenvalue weighted by Crippen LogP contribution is -2.28. The highest BCUT2D eigenvalue weighted by Gasteiger charge is 2.38. The summed E-state index contributed by atoms with van der Waals surface area (Å²) < 4.78 is 5.74. The molecule has 0 fully saturated rings. The highest BCUT2D eigenvalue weighted by Crippen LogP contribution is 2.41. The molecule has 2 aromatic carbocycles. The minimum atomic E-state index is -0.125. The average Bonchev–Trinajstić information content (AvgIpc) is 3.33. The van der Waals surface area contributed by atoms with E-state index in [2.05, 4.69) is 17.1 Å². The molecule has 0 radical (unpaired) electrons. The van der Waals surface area contributed by atoms with Gasteiger partial charge in [0.05, 0.1) is 12.6 Å². The molecule has 4 nitrogen and oxygen atoms in total. The van der Waals surface area contributed by atoms with Gasteiger partial charge in [0.1, 0.15) is 11.5 Å². The summed E-state index contributed by atoms with van der Waals surface area (Å²) in [5.74, 6) is 1.70. The number of benzene rings is 2. The number of aromatic nitrogens is 1. The minimum absolute atomic E-state index is 0.0462. The number of amides is 1. The van der Waals surface area contributed by atoms with Gasteiger partial charge in [0.15, 0.2) is 0 Å². The van der Waals surface area contributed by atoms with E-state index in [1.165, 1.54) is 0 Å². The van der Waals surface area contributed by atoms with E-state index in [0.29, 0.717) is 6.54 Å². The van der Waals surface area contributed by atoms with Gasteiger partial charge < -0.3 is 14.3 Å². The maximum absolute atomic E-state index is 13.1. The van der Waals surface area contributed by atoms with Crippen LogP contribution in [0.25, 0.3) is 10.9 Å². The largest absolute Gasteiger partial charge is 0.464 e. The van der Waals surface area contributed by atoms with Crippen LogP contribution in [0.1, 0.15) is 39.0 Å². The Bertz CT molecular complexity index is 1120. The maximum Gasteiger partial charge on any atom is 0.255 e. The van der Waals surface area contributed by atoms with Crippen LogP contribution >= 0.6 is 0 Å². The Labute approximate surface area is 151 Å². The van der Waals surface area contributed by atoms with Gasteiger partial charge in [-0.25, -0.2) is 0 Å². The van der Waals surface area contributed by atoms with Gasteiger partial charge in [-0.3, -0.25) is 4.79 Å². The van der Waals surface area contributed by atoms with Gasteiger partial charge in [-0.15, -0.1) is 0 Å². The van der Waals surface area contributed by atoms with Gasteiger partial charge in [-0.05, 0) is 36.8 Å². The number of H-pyrrole nitrogens is 1. The molecule has 0 spiro atoms. The van der Waals surface area contributed by atoms with Crippen molar-refractivity contribution in [1.82, 2.24) is 9.88 Å². The lowest BCUT2D eigenvalue weighted by atomic mass is 9.97. The molecule has 4 heteroatoms. The summed E-state index contributed by atoms with van der Waals surface area (Å²) >= 11 is 0. The first kappa shape index (κ1) is 15.0. The normalized spacial score (nSPS) is 16.4. The predicted octanol–water partition coefficient (Wildman–Crippen LogP) is 4.81.